The molecular formula is C32H30BrNO3. The second kappa shape index (κ2) is 10.8. The molecule has 0 heterocycles. The highest BCUT2D eigenvalue weighted by Gasteiger charge is 2.52. The van der Waals surface area contributed by atoms with Crippen molar-refractivity contribution in [2.45, 2.75) is 38.7 Å². The van der Waals surface area contributed by atoms with E-state index in [0.717, 1.165) is 31.9 Å². The number of benzene rings is 4. The Balaban J connectivity index is 2.09. The predicted octanol–water partition coefficient (Wildman–Crippen LogP) is 7.84. The smallest absolute Gasteiger partial charge is 0.328 e. The van der Waals surface area contributed by atoms with Gasteiger partial charge in [-0.15, -0.1) is 0 Å². The van der Waals surface area contributed by atoms with Crippen molar-refractivity contribution in [1.82, 2.24) is 0 Å². The number of nitriles is 1. The zero-order valence-electron chi connectivity index (χ0n) is 21.5. The summed E-state index contributed by atoms with van der Waals surface area (Å²) < 4.78 is 12.6. The zero-order valence-corrected chi connectivity index (χ0v) is 23.1. The third-order valence-electron chi connectivity index (χ3n) is 6.47. The Morgan fingerprint density at radius 2 is 1.51 bits per heavy atom. The summed E-state index contributed by atoms with van der Waals surface area (Å²) in [5.41, 5.74) is 0.0746. The second-order valence-electron chi connectivity index (χ2n) is 10.1. The van der Waals surface area contributed by atoms with E-state index in [9.17, 15) is 10.1 Å². The number of carbonyl (C=O) groups excluding carboxylic acids is 1. The SMILES string of the molecule is COc1ccccc1C(c1cccc2ccccc12)C(C#N)(Cc1ccccc1Br)C(=O)OC(C)(C)C. The molecule has 0 aliphatic rings. The highest BCUT2D eigenvalue weighted by molar-refractivity contribution is 9.10. The Bertz CT molecular complexity index is 1460. The lowest BCUT2D eigenvalue weighted by Crippen LogP contribution is -2.43. The number of rotatable bonds is 7. The van der Waals surface area contributed by atoms with Crippen LogP contribution in [0, 0.1) is 16.7 Å². The number of fused-ring (bicyclic) bond motifs is 1. The van der Waals surface area contributed by atoms with Gasteiger partial charge in [-0.2, -0.15) is 5.26 Å². The van der Waals surface area contributed by atoms with Gasteiger partial charge >= 0.3 is 5.97 Å². The van der Waals surface area contributed by atoms with Gasteiger partial charge in [-0.05, 0) is 54.8 Å². The largest absolute Gasteiger partial charge is 0.496 e. The van der Waals surface area contributed by atoms with E-state index in [-0.39, 0.29) is 6.42 Å². The van der Waals surface area contributed by atoms with E-state index >= 15 is 0 Å². The van der Waals surface area contributed by atoms with Crippen LogP contribution in [0.25, 0.3) is 10.8 Å². The van der Waals surface area contributed by atoms with Crippen molar-refractivity contribution >= 4 is 32.7 Å². The molecule has 0 aliphatic carbocycles. The van der Waals surface area contributed by atoms with Crippen molar-refractivity contribution in [2.24, 2.45) is 5.41 Å². The van der Waals surface area contributed by atoms with Gasteiger partial charge in [0.2, 0.25) is 0 Å². The molecule has 4 aromatic carbocycles. The van der Waals surface area contributed by atoms with Crippen LogP contribution < -0.4 is 4.74 Å². The van der Waals surface area contributed by atoms with E-state index in [4.69, 9.17) is 9.47 Å². The first-order valence-electron chi connectivity index (χ1n) is 12.2. The standard InChI is InChI=1S/C32H30BrNO3/c1-31(2,3)37-30(35)32(21-34,20-23-13-6-9-18-27(23)33)29(26-16-8-10-19-28(26)36-4)25-17-11-14-22-12-5-7-15-24(22)25/h5-19,29H,20H2,1-4H3. The van der Waals surface area contributed by atoms with E-state index in [1.54, 1.807) is 7.11 Å². The van der Waals surface area contributed by atoms with Gasteiger partial charge in [-0.3, -0.25) is 4.79 Å². The molecule has 2 atom stereocenters. The first-order chi connectivity index (χ1) is 17.7. The lowest BCUT2D eigenvalue weighted by molar-refractivity contribution is -0.165. The number of nitrogens with zero attached hydrogens (tertiary/aromatic N) is 1. The topological polar surface area (TPSA) is 59.3 Å². The molecule has 0 saturated heterocycles. The minimum Gasteiger partial charge on any atom is -0.496 e. The van der Waals surface area contributed by atoms with Crippen LogP contribution >= 0.6 is 15.9 Å². The van der Waals surface area contributed by atoms with Gasteiger partial charge in [0.05, 0.1) is 13.2 Å². The van der Waals surface area contributed by atoms with Gasteiger partial charge in [0.1, 0.15) is 11.4 Å². The molecule has 0 saturated carbocycles. The van der Waals surface area contributed by atoms with Gasteiger partial charge in [-0.1, -0.05) is 94.8 Å². The molecule has 0 radical (unpaired) electrons. The summed E-state index contributed by atoms with van der Waals surface area (Å²) in [6.07, 6.45) is 0.145. The molecule has 0 fully saturated rings. The van der Waals surface area contributed by atoms with E-state index in [1.807, 2.05) is 112 Å². The summed E-state index contributed by atoms with van der Waals surface area (Å²) >= 11 is 3.63. The highest BCUT2D eigenvalue weighted by atomic mass is 79.9. The first-order valence-corrected chi connectivity index (χ1v) is 13.0. The van der Waals surface area contributed by atoms with Crippen LogP contribution in [0.3, 0.4) is 0 Å². The van der Waals surface area contributed by atoms with Crippen LogP contribution in [0.5, 0.6) is 5.75 Å². The summed E-state index contributed by atoms with van der Waals surface area (Å²) in [5, 5.41) is 13.0. The van der Waals surface area contributed by atoms with Gasteiger partial charge in [0.25, 0.3) is 0 Å². The number of methoxy groups -OCH3 is 1. The number of hydrogen-bond donors (Lipinski definition) is 0. The van der Waals surface area contributed by atoms with Crippen molar-refractivity contribution in [3.63, 3.8) is 0 Å². The normalized spacial score (nSPS) is 13.8. The van der Waals surface area contributed by atoms with Crippen LogP contribution in [0.15, 0.2) is 95.5 Å². The van der Waals surface area contributed by atoms with Crippen molar-refractivity contribution in [3.05, 3.63) is 112 Å². The number of carbonyl (C=O) groups is 1. The third-order valence-corrected chi connectivity index (χ3v) is 7.24. The van der Waals surface area contributed by atoms with Crippen LogP contribution in [0.1, 0.15) is 43.4 Å². The quantitative estimate of drug-likeness (QED) is 0.218. The fourth-order valence-electron chi connectivity index (χ4n) is 4.86. The fraction of sp³-hybridized carbons (Fsp3) is 0.250. The molecule has 4 nitrogen and oxygen atoms in total. The molecule has 5 heteroatoms. The Morgan fingerprint density at radius 1 is 0.892 bits per heavy atom. The monoisotopic (exact) mass is 555 g/mol. The van der Waals surface area contributed by atoms with Gasteiger partial charge in [0.15, 0.2) is 5.41 Å². The molecule has 4 aromatic rings. The van der Waals surface area contributed by atoms with Crippen molar-refractivity contribution in [1.29, 1.82) is 5.26 Å². The summed E-state index contributed by atoms with van der Waals surface area (Å²) in [6.45, 7) is 5.46. The molecule has 0 N–H and O–H groups in total. The average molecular weight is 557 g/mol. The number of para-hydroxylation sites is 1. The minimum absolute atomic E-state index is 0.145. The Labute approximate surface area is 227 Å². The Morgan fingerprint density at radius 3 is 2.22 bits per heavy atom. The molecule has 0 aromatic heterocycles. The summed E-state index contributed by atoms with van der Waals surface area (Å²) in [4.78, 5) is 14.3. The van der Waals surface area contributed by atoms with Gasteiger partial charge in [0, 0.05) is 22.4 Å². The van der Waals surface area contributed by atoms with Crippen molar-refractivity contribution in [2.75, 3.05) is 7.11 Å². The minimum atomic E-state index is -1.60. The molecule has 0 spiro atoms. The van der Waals surface area contributed by atoms with Crippen LogP contribution in [0.2, 0.25) is 0 Å². The molecule has 0 bridgehead atoms. The van der Waals surface area contributed by atoms with E-state index in [2.05, 4.69) is 22.0 Å². The average Bonchev–Trinajstić information content (AvgIpc) is 2.88. The van der Waals surface area contributed by atoms with Gasteiger partial charge in [-0.25, -0.2) is 0 Å². The van der Waals surface area contributed by atoms with Gasteiger partial charge < -0.3 is 9.47 Å². The maximum atomic E-state index is 14.3. The molecule has 188 valence electrons. The van der Waals surface area contributed by atoms with Crippen molar-refractivity contribution < 1.29 is 14.3 Å². The summed E-state index contributed by atoms with van der Waals surface area (Å²) in [6, 6.07) is 31.8. The third kappa shape index (κ3) is 5.40. The predicted molar refractivity (Wildman–Crippen MR) is 151 cm³/mol. The lowest BCUT2D eigenvalue weighted by atomic mass is 9.65. The molecule has 4 rings (SSSR count). The fourth-order valence-corrected chi connectivity index (χ4v) is 5.28. The first kappa shape index (κ1) is 26.4. The maximum absolute atomic E-state index is 14.3. The Kier molecular flexibility index (Phi) is 7.71. The summed E-state index contributed by atoms with van der Waals surface area (Å²) in [5.74, 6) is -0.639. The van der Waals surface area contributed by atoms with Crippen LogP contribution in [0.4, 0.5) is 0 Å². The van der Waals surface area contributed by atoms with E-state index in [1.165, 1.54) is 0 Å². The zero-order chi connectivity index (χ0) is 26.6. The number of halogens is 1. The lowest BCUT2D eigenvalue weighted by Gasteiger charge is -2.37. The van der Waals surface area contributed by atoms with E-state index in [0.29, 0.717) is 5.75 Å². The molecule has 0 amide bonds. The molecule has 0 aliphatic heterocycles. The highest BCUT2D eigenvalue weighted by Crippen LogP contribution is 2.50. The number of esters is 1. The Hall–Kier alpha value is -3.62. The maximum Gasteiger partial charge on any atom is 0.328 e. The number of ether oxygens (including phenoxy) is 2. The van der Waals surface area contributed by atoms with Crippen molar-refractivity contribution in [3.8, 4) is 11.8 Å². The second-order valence-corrected chi connectivity index (χ2v) is 11.0. The summed E-state index contributed by atoms with van der Waals surface area (Å²) in [7, 11) is 1.61. The van der Waals surface area contributed by atoms with E-state index < -0.39 is 22.9 Å². The molecule has 2 unspecified atom stereocenters. The van der Waals surface area contributed by atoms with Crippen LogP contribution in [-0.4, -0.2) is 18.7 Å². The molecular weight excluding hydrogens is 526 g/mol. The van der Waals surface area contributed by atoms with Crippen LogP contribution in [-0.2, 0) is 16.0 Å². The molecule has 37 heavy (non-hydrogen) atoms. The number of hydrogen-bond acceptors (Lipinski definition) is 4.